The molecule has 1 N–H and O–H groups in total. The molecule has 0 atom stereocenters. The largest absolute Gasteiger partial charge is 1.00 e. The molecule has 0 bridgehead atoms. The maximum Gasteiger partial charge on any atom is 1.00 e. The van der Waals surface area contributed by atoms with Gasteiger partial charge in [-0.05, 0) is 18.4 Å². The summed E-state index contributed by atoms with van der Waals surface area (Å²) in [6, 6.07) is 4.73. The van der Waals surface area contributed by atoms with Crippen molar-refractivity contribution < 1.29 is 44.6 Å². The minimum absolute atomic E-state index is 0. The summed E-state index contributed by atoms with van der Waals surface area (Å²) in [6.07, 6.45) is 11.8. The van der Waals surface area contributed by atoms with Gasteiger partial charge in [-0.1, -0.05) is 82.2 Å². The summed E-state index contributed by atoms with van der Waals surface area (Å²) < 4.78 is 0. The van der Waals surface area contributed by atoms with Crippen LogP contribution in [0.4, 0.5) is 0 Å². The van der Waals surface area contributed by atoms with E-state index in [4.69, 9.17) is 5.11 Å². The van der Waals surface area contributed by atoms with E-state index < -0.39 is 5.97 Å². The predicted octanol–water partition coefficient (Wildman–Crippen LogP) is 1.54. The van der Waals surface area contributed by atoms with Gasteiger partial charge in [0, 0.05) is 0 Å². The van der Waals surface area contributed by atoms with Crippen LogP contribution in [0.5, 0.6) is 5.75 Å². The van der Waals surface area contributed by atoms with Gasteiger partial charge in [-0.3, -0.25) is 0 Å². The van der Waals surface area contributed by atoms with Crippen molar-refractivity contribution >= 4 is 5.97 Å². The number of carbonyl (C=O) groups is 1. The second-order valence-corrected chi connectivity index (χ2v) is 5.67. The van der Waals surface area contributed by atoms with Gasteiger partial charge in [0.15, 0.2) is 0 Å². The Balaban J connectivity index is 0.00000441. The first-order valence-corrected chi connectivity index (χ1v) is 8.19. The molecule has 0 aliphatic carbocycles. The average molecular weight is 314 g/mol. The van der Waals surface area contributed by atoms with Crippen LogP contribution in [0.2, 0.25) is 0 Å². The maximum atomic E-state index is 11.6. The minimum atomic E-state index is -1.11. The molecule has 0 fully saturated rings. The van der Waals surface area contributed by atoms with Gasteiger partial charge in [0.25, 0.3) is 0 Å². The van der Waals surface area contributed by atoms with Crippen LogP contribution in [-0.4, -0.2) is 11.1 Å². The van der Waals surface area contributed by atoms with Crippen molar-refractivity contribution in [3.8, 4) is 5.75 Å². The number of hydrogen-bond donors (Lipinski definition) is 1. The first-order chi connectivity index (χ1) is 10.2. The number of carboxylic acid groups (broad SMARTS) is 1. The molecular weight excluding hydrogens is 287 g/mol. The van der Waals surface area contributed by atoms with Gasteiger partial charge in [-0.2, -0.15) is 0 Å². The number of aromatic carboxylic acids is 1. The molecule has 1 aromatic rings. The van der Waals surface area contributed by atoms with Crippen LogP contribution >= 0.6 is 0 Å². The van der Waals surface area contributed by atoms with E-state index in [0.717, 1.165) is 12.8 Å². The number of rotatable bonds is 11. The second-order valence-electron chi connectivity index (χ2n) is 5.67. The molecule has 0 amide bonds. The van der Waals surface area contributed by atoms with E-state index >= 15 is 0 Å². The number of carboxylic acids is 1. The van der Waals surface area contributed by atoms with E-state index in [0.29, 0.717) is 12.0 Å². The maximum absolute atomic E-state index is 11.6. The zero-order chi connectivity index (χ0) is 15.5. The summed E-state index contributed by atoms with van der Waals surface area (Å²) in [6.45, 7) is 2.22. The molecule has 0 heterocycles. The predicted molar refractivity (Wildman–Crippen MR) is 83.8 cm³/mol. The Morgan fingerprint density at radius 2 is 1.55 bits per heavy atom. The van der Waals surface area contributed by atoms with Gasteiger partial charge < -0.3 is 10.2 Å². The second kappa shape index (κ2) is 13.0. The van der Waals surface area contributed by atoms with Crippen LogP contribution in [0.15, 0.2) is 18.2 Å². The molecular formula is C18H27NaO3. The molecule has 0 radical (unpaired) electrons. The normalized spacial score (nSPS) is 10.2. The Kier molecular flexibility index (Phi) is 12.7. The zero-order valence-electron chi connectivity index (χ0n) is 14.1. The van der Waals surface area contributed by atoms with E-state index in [9.17, 15) is 9.90 Å². The molecule has 118 valence electrons. The zero-order valence-corrected chi connectivity index (χ0v) is 16.1. The molecule has 3 nitrogen and oxygen atoms in total. The van der Waals surface area contributed by atoms with Gasteiger partial charge >= 0.3 is 35.5 Å². The average Bonchev–Trinajstić information content (AvgIpc) is 2.45. The number of aryl methyl sites for hydroxylation is 1. The molecule has 4 heteroatoms. The fraction of sp³-hybridized carbons (Fsp3) is 0.611. The Labute approximate surface area is 156 Å². The van der Waals surface area contributed by atoms with Gasteiger partial charge in [-0.15, -0.1) is 0 Å². The van der Waals surface area contributed by atoms with E-state index in [1.807, 2.05) is 0 Å². The van der Waals surface area contributed by atoms with Crippen LogP contribution < -0.4 is 34.7 Å². The van der Waals surface area contributed by atoms with Crippen LogP contribution in [0, 0.1) is 0 Å². The van der Waals surface area contributed by atoms with Crippen molar-refractivity contribution in [3.63, 3.8) is 0 Å². The standard InChI is InChI=1S/C18H28O3.Na/c1-2-3-4-5-6-7-8-9-10-12-15-13-11-14-16(19)17(15)18(20)21;/h11,13-14,19H,2-10,12H2,1H3,(H,20,21);/q;+1/p-1. The Hall–Kier alpha value is -0.510. The summed E-state index contributed by atoms with van der Waals surface area (Å²) in [5, 5.41) is 20.7. The molecule has 0 saturated heterocycles. The quantitative estimate of drug-likeness (QED) is 0.498. The first kappa shape index (κ1) is 21.5. The van der Waals surface area contributed by atoms with Gasteiger partial charge in [-0.25, -0.2) is 4.79 Å². The SMILES string of the molecule is CCCCCCCCCCCc1cccc([O-])c1C(=O)O.[Na+]. The van der Waals surface area contributed by atoms with Crippen molar-refractivity contribution in [1.29, 1.82) is 0 Å². The van der Waals surface area contributed by atoms with Gasteiger partial charge in [0.05, 0.1) is 5.56 Å². The first-order valence-electron chi connectivity index (χ1n) is 8.19. The minimum Gasteiger partial charge on any atom is -0.872 e. The van der Waals surface area contributed by atoms with Gasteiger partial charge in [0.2, 0.25) is 0 Å². The van der Waals surface area contributed by atoms with Crippen molar-refractivity contribution in [3.05, 3.63) is 29.3 Å². The topological polar surface area (TPSA) is 60.4 Å². The number of hydrogen-bond acceptors (Lipinski definition) is 2. The van der Waals surface area contributed by atoms with Crippen LogP contribution in [-0.2, 0) is 6.42 Å². The fourth-order valence-corrected chi connectivity index (χ4v) is 2.65. The Morgan fingerprint density at radius 1 is 1.00 bits per heavy atom. The van der Waals surface area contributed by atoms with E-state index in [1.54, 1.807) is 12.1 Å². The third-order valence-electron chi connectivity index (χ3n) is 3.88. The van der Waals surface area contributed by atoms with Crippen molar-refractivity contribution in [2.45, 2.75) is 71.1 Å². The summed E-state index contributed by atoms with van der Waals surface area (Å²) in [4.78, 5) is 11.1. The van der Waals surface area contributed by atoms with Crippen LogP contribution in [0.3, 0.4) is 0 Å². The molecule has 1 aromatic carbocycles. The van der Waals surface area contributed by atoms with Crippen LogP contribution in [0.1, 0.15) is 80.6 Å². The molecule has 1 rings (SSSR count). The third kappa shape index (κ3) is 8.21. The summed E-state index contributed by atoms with van der Waals surface area (Å²) in [5.74, 6) is -1.48. The van der Waals surface area contributed by atoms with E-state index in [1.165, 1.54) is 51.0 Å². The summed E-state index contributed by atoms with van der Waals surface area (Å²) >= 11 is 0. The summed E-state index contributed by atoms with van der Waals surface area (Å²) in [7, 11) is 0. The van der Waals surface area contributed by atoms with E-state index in [-0.39, 0.29) is 40.9 Å². The molecule has 0 spiro atoms. The monoisotopic (exact) mass is 314 g/mol. The Bertz CT molecular complexity index is 432. The molecule has 0 saturated carbocycles. The van der Waals surface area contributed by atoms with Crippen molar-refractivity contribution in [2.75, 3.05) is 0 Å². The van der Waals surface area contributed by atoms with Crippen molar-refractivity contribution in [2.24, 2.45) is 0 Å². The molecule has 22 heavy (non-hydrogen) atoms. The smallest absolute Gasteiger partial charge is 0.872 e. The summed E-state index contributed by atoms with van der Waals surface area (Å²) in [5.41, 5.74) is 0.634. The molecule has 0 aliphatic heterocycles. The molecule has 0 aromatic heterocycles. The fourth-order valence-electron chi connectivity index (χ4n) is 2.65. The van der Waals surface area contributed by atoms with Crippen molar-refractivity contribution in [1.82, 2.24) is 0 Å². The number of benzene rings is 1. The molecule has 0 aliphatic rings. The third-order valence-corrected chi connectivity index (χ3v) is 3.88. The van der Waals surface area contributed by atoms with Crippen LogP contribution in [0.25, 0.3) is 0 Å². The van der Waals surface area contributed by atoms with Gasteiger partial charge in [0.1, 0.15) is 0 Å². The number of unbranched alkanes of at least 4 members (excludes halogenated alkanes) is 8. The van der Waals surface area contributed by atoms with E-state index in [2.05, 4.69) is 6.92 Å². The molecule has 0 unspecified atom stereocenters. The Morgan fingerprint density at radius 3 is 2.09 bits per heavy atom.